The minimum absolute atomic E-state index is 0.388. The monoisotopic (exact) mass is 227 g/mol. The Kier molecular flexibility index (Phi) is 2.30. The zero-order valence-corrected chi connectivity index (χ0v) is 8.20. The molecule has 1 fully saturated rings. The van der Waals surface area contributed by atoms with E-state index in [-0.39, 0.29) is 0 Å². The molecule has 0 aromatic carbocycles. The molecule has 0 saturated heterocycles. The number of halogens is 1. The number of rotatable bonds is 2. The zero-order chi connectivity index (χ0) is 8.39. The van der Waals surface area contributed by atoms with E-state index in [1.807, 2.05) is 12.1 Å². The molecule has 0 bridgehead atoms. The Hall–Kier alpha value is -0.570. The van der Waals surface area contributed by atoms with Crippen LogP contribution in [0.1, 0.15) is 12.8 Å². The van der Waals surface area contributed by atoms with Gasteiger partial charge in [-0.05, 0) is 25.0 Å². The first-order chi connectivity index (χ1) is 5.84. The minimum Gasteiger partial charge on any atom is -0.489 e. The zero-order valence-electron chi connectivity index (χ0n) is 6.61. The van der Waals surface area contributed by atoms with Crippen LogP contribution >= 0.6 is 15.9 Å². The Morgan fingerprint density at radius 1 is 1.50 bits per heavy atom. The van der Waals surface area contributed by atoms with E-state index in [9.17, 15) is 0 Å². The summed E-state index contributed by atoms with van der Waals surface area (Å²) in [4.78, 5) is 4.63. The van der Waals surface area contributed by atoms with Gasteiger partial charge in [0.25, 0.3) is 0 Å². The Morgan fingerprint density at radius 3 is 2.92 bits per heavy atom. The largest absolute Gasteiger partial charge is 0.489 e. The number of nitrogens with zero attached hydrogens (tertiary/aromatic N) is 1. The van der Waals surface area contributed by atoms with E-state index in [0.29, 0.717) is 10.9 Å². The third-order valence-corrected chi connectivity index (χ3v) is 2.72. The number of aromatic nitrogens is 1. The first kappa shape index (κ1) is 8.05. The molecule has 0 aliphatic heterocycles. The molecule has 1 aliphatic carbocycles. The number of pyridine rings is 1. The summed E-state index contributed by atoms with van der Waals surface area (Å²) in [5, 5.41) is 0. The van der Waals surface area contributed by atoms with Gasteiger partial charge >= 0.3 is 0 Å². The van der Waals surface area contributed by atoms with Gasteiger partial charge in [-0.15, -0.1) is 0 Å². The second-order valence-electron chi connectivity index (χ2n) is 3.00. The van der Waals surface area contributed by atoms with E-state index >= 15 is 0 Å². The van der Waals surface area contributed by atoms with E-state index in [4.69, 9.17) is 4.74 Å². The first-order valence-corrected chi connectivity index (χ1v) is 4.97. The lowest BCUT2D eigenvalue weighted by molar-refractivity contribution is 0.127. The van der Waals surface area contributed by atoms with Crippen LogP contribution in [0.25, 0.3) is 0 Å². The molecule has 0 atom stereocenters. The van der Waals surface area contributed by atoms with Gasteiger partial charge in [0.2, 0.25) is 0 Å². The van der Waals surface area contributed by atoms with Gasteiger partial charge in [0.15, 0.2) is 0 Å². The molecular weight excluding hydrogens is 218 g/mol. The van der Waals surface area contributed by atoms with Crippen molar-refractivity contribution in [2.24, 2.45) is 0 Å². The van der Waals surface area contributed by atoms with Crippen molar-refractivity contribution in [2.45, 2.75) is 23.8 Å². The van der Waals surface area contributed by atoms with Gasteiger partial charge in [0.05, 0.1) is 6.20 Å². The second kappa shape index (κ2) is 3.44. The molecule has 2 rings (SSSR count). The van der Waals surface area contributed by atoms with Crippen LogP contribution in [0.2, 0.25) is 0 Å². The summed E-state index contributed by atoms with van der Waals surface area (Å²) in [5.41, 5.74) is 0. The van der Waals surface area contributed by atoms with Crippen LogP contribution in [0.5, 0.6) is 5.75 Å². The first-order valence-electron chi connectivity index (χ1n) is 4.05. The van der Waals surface area contributed by atoms with Crippen molar-refractivity contribution in [2.75, 3.05) is 0 Å². The molecule has 0 radical (unpaired) electrons. The summed E-state index contributed by atoms with van der Waals surface area (Å²) < 4.78 is 5.63. The van der Waals surface area contributed by atoms with Gasteiger partial charge in [0.1, 0.15) is 11.9 Å². The molecule has 1 aromatic heterocycles. The van der Waals surface area contributed by atoms with Crippen LogP contribution in [-0.4, -0.2) is 15.9 Å². The molecule has 12 heavy (non-hydrogen) atoms. The molecule has 0 N–H and O–H groups in total. The number of hydrogen-bond donors (Lipinski definition) is 0. The highest BCUT2D eigenvalue weighted by Gasteiger charge is 2.28. The Labute approximate surface area is 80.1 Å². The average molecular weight is 228 g/mol. The van der Waals surface area contributed by atoms with E-state index in [1.165, 1.54) is 0 Å². The van der Waals surface area contributed by atoms with Crippen molar-refractivity contribution in [3.63, 3.8) is 0 Å². The topological polar surface area (TPSA) is 22.1 Å². The lowest BCUT2D eigenvalue weighted by Gasteiger charge is -2.31. The maximum atomic E-state index is 5.63. The van der Waals surface area contributed by atoms with E-state index in [1.54, 1.807) is 12.4 Å². The van der Waals surface area contributed by atoms with E-state index in [2.05, 4.69) is 20.9 Å². The highest BCUT2D eigenvalue weighted by molar-refractivity contribution is 9.09. The summed E-state index contributed by atoms with van der Waals surface area (Å²) in [6, 6.07) is 3.83. The number of alkyl halides is 1. The SMILES string of the molecule is BrC1CC(Oc2cccnc2)C1. The molecule has 1 aromatic rings. The Balaban J connectivity index is 1.88. The van der Waals surface area contributed by atoms with Crippen LogP contribution in [-0.2, 0) is 0 Å². The van der Waals surface area contributed by atoms with Gasteiger partial charge in [-0.1, -0.05) is 15.9 Å². The highest BCUT2D eigenvalue weighted by Crippen LogP contribution is 2.30. The molecule has 0 amide bonds. The fourth-order valence-electron chi connectivity index (χ4n) is 1.21. The summed E-state index contributed by atoms with van der Waals surface area (Å²) in [6.45, 7) is 0. The third-order valence-electron chi connectivity index (χ3n) is 1.97. The minimum atomic E-state index is 0.388. The van der Waals surface area contributed by atoms with Crippen molar-refractivity contribution in [3.8, 4) is 5.75 Å². The molecule has 1 saturated carbocycles. The summed E-state index contributed by atoms with van der Waals surface area (Å²) in [5.74, 6) is 0.877. The van der Waals surface area contributed by atoms with Gasteiger partial charge in [-0.2, -0.15) is 0 Å². The maximum Gasteiger partial charge on any atom is 0.137 e. The van der Waals surface area contributed by atoms with Gasteiger partial charge in [-0.25, -0.2) is 0 Å². The maximum absolute atomic E-state index is 5.63. The molecule has 1 aliphatic rings. The van der Waals surface area contributed by atoms with Crippen molar-refractivity contribution in [3.05, 3.63) is 24.5 Å². The molecule has 0 unspecified atom stereocenters. The lowest BCUT2D eigenvalue weighted by Crippen LogP contribution is -2.33. The quantitative estimate of drug-likeness (QED) is 0.725. The molecule has 0 spiro atoms. The van der Waals surface area contributed by atoms with Crippen molar-refractivity contribution < 1.29 is 4.74 Å². The van der Waals surface area contributed by atoms with Crippen molar-refractivity contribution >= 4 is 15.9 Å². The highest BCUT2D eigenvalue weighted by atomic mass is 79.9. The number of ether oxygens (including phenoxy) is 1. The molecule has 64 valence electrons. The van der Waals surface area contributed by atoms with Crippen LogP contribution in [0, 0.1) is 0 Å². The lowest BCUT2D eigenvalue weighted by atomic mass is 9.96. The smallest absolute Gasteiger partial charge is 0.137 e. The summed E-state index contributed by atoms with van der Waals surface area (Å²) in [7, 11) is 0. The Morgan fingerprint density at radius 2 is 2.33 bits per heavy atom. The molecule has 2 nitrogen and oxygen atoms in total. The molecule has 1 heterocycles. The van der Waals surface area contributed by atoms with Gasteiger partial charge < -0.3 is 4.74 Å². The van der Waals surface area contributed by atoms with Crippen molar-refractivity contribution in [1.82, 2.24) is 4.98 Å². The second-order valence-corrected chi connectivity index (χ2v) is 4.29. The average Bonchev–Trinajstić information content (AvgIpc) is 2.04. The van der Waals surface area contributed by atoms with Crippen LogP contribution in [0.15, 0.2) is 24.5 Å². The van der Waals surface area contributed by atoms with E-state index < -0.39 is 0 Å². The normalized spacial score (nSPS) is 27.8. The third kappa shape index (κ3) is 1.78. The van der Waals surface area contributed by atoms with Crippen LogP contribution in [0.3, 0.4) is 0 Å². The van der Waals surface area contributed by atoms with Gasteiger partial charge in [-0.3, -0.25) is 4.98 Å². The van der Waals surface area contributed by atoms with Crippen LogP contribution in [0.4, 0.5) is 0 Å². The van der Waals surface area contributed by atoms with Gasteiger partial charge in [0, 0.05) is 11.0 Å². The fraction of sp³-hybridized carbons (Fsp3) is 0.444. The summed E-state index contributed by atoms with van der Waals surface area (Å²) >= 11 is 3.52. The predicted molar refractivity (Wildman–Crippen MR) is 50.6 cm³/mol. The standard InChI is InChI=1S/C9H10BrNO/c10-7-4-9(5-7)12-8-2-1-3-11-6-8/h1-3,6-7,9H,4-5H2. The summed E-state index contributed by atoms with van der Waals surface area (Å²) in [6.07, 6.45) is 6.10. The van der Waals surface area contributed by atoms with Crippen molar-refractivity contribution in [1.29, 1.82) is 0 Å². The van der Waals surface area contributed by atoms with Crippen LogP contribution < -0.4 is 4.74 Å². The molecule has 3 heteroatoms. The Bertz CT molecular complexity index is 246. The fourth-order valence-corrected chi connectivity index (χ4v) is 2.04. The number of hydrogen-bond acceptors (Lipinski definition) is 2. The predicted octanol–water partition coefficient (Wildman–Crippen LogP) is 2.39. The van der Waals surface area contributed by atoms with E-state index in [0.717, 1.165) is 18.6 Å². The molecular formula is C9H10BrNO.